The predicted octanol–water partition coefficient (Wildman–Crippen LogP) is 3.98. The molecule has 4 nitrogen and oxygen atoms in total. The standard InChI is InChI=1S/C22H29FN2O2/c1-16-9-11-25(12-10-16)17(2)15-24-22(26)21(14-20-4-3-13-27-20)18-5-7-19(23)8-6-18/h3-8,13,16-17,21H,9-12,14-15H2,1-2H3,(H,24,26). The van der Waals surface area contributed by atoms with Crippen LogP contribution in [-0.2, 0) is 11.2 Å². The Hall–Kier alpha value is -2.14. The van der Waals surface area contributed by atoms with Gasteiger partial charge in [0.1, 0.15) is 11.6 Å². The Morgan fingerprint density at radius 3 is 2.59 bits per heavy atom. The van der Waals surface area contributed by atoms with Crippen molar-refractivity contribution >= 4 is 5.91 Å². The number of benzene rings is 1. The zero-order valence-corrected chi connectivity index (χ0v) is 16.2. The van der Waals surface area contributed by atoms with Gasteiger partial charge in [0, 0.05) is 19.0 Å². The smallest absolute Gasteiger partial charge is 0.228 e. The van der Waals surface area contributed by atoms with Gasteiger partial charge >= 0.3 is 0 Å². The Morgan fingerprint density at radius 1 is 1.26 bits per heavy atom. The highest BCUT2D eigenvalue weighted by molar-refractivity contribution is 5.83. The molecule has 0 bridgehead atoms. The zero-order valence-electron chi connectivity index (χ0n) is 16.2. The molecule has 0 radical (unpaired) electrons. The van der Waals surface area contributed by atoms with E-state index in [1.807, 2.05) is 12.1 Å². The van der Waals surface area contributed by atoms with Crippen molar-refractivity contribution in [1.29, 1.82) is 0 Å². The fourth-order valence-corrected chi connectivity index (χ4v) is 3.66. The van der Waals surface area contributed by atoms with Gasteiger partial charge in [-0.05, 0) is 68.6 Å². The summed E-state index contributed by atoms with van der Waals surface area (Å²) in [6.45, 7) is 7.25. The van der Waals surface area contributed by atoms with Gasteiger partial charge in [-0.1, -0.05) is 19.1 Å². The van der Waals surface area contributed by atoms with Crippen molar-refractivity contribution in [3.63, 3.8) is 0 Å². The second-order valence-electron chi connectivity index (χ2n) is 7.70. The minimum absolute atomic E-state index is 0.0461. The molecule has 0 saturated carbocycles. The van der Waals surface area contributed by atoms with Crippen LogP contribution in [0.4, 0.5) is 4.39 Å². The Balaban J connectivity index is 1.62. The molecule has 0 aliphatic carbocycles. The zero-order chi connectivity index (χ0) is 19.2. The van der Waals surface area contributed by atoms with Crippen molar-refractivity contribution in [3.8, 4) is 0 Å². The van der Waals surface area contributed by atoms with E-state index in [1.54, 1.807) is 18.4 Å². The van der Waals surface area contributed by atoms with Crippen LogP contribution < -0.4 is 5.32 Å². The number of halogens is 1. The fraction of sp³-hybridized carbons (Fsp3) is 0.500. The Bertz CT molecular complexity index is 706. The number of carbonyl (C=O) groups excluding carboxylic acids is 1. The van der Waals surface area contributed by atoms with E-state index < -0.39 is 5.92 Å². The molecule has 1 saturated heterocycles. The average Bonchev–Trinajstić information content (AvgIpc) is 3.18. The summed E-state index contributed by atoms with van der Waals surface area (Å²) >= 11 is 0. The van der Waals surface area contributed by atoms with Gasteiger partial charge < -0.3 is 9.73 Å². The maximum Gasteiger partial charge on any atom is 0.228 e. The maximum atomic E-state index is 13.3. The molecule has 3 rings (SSSR count). The Morgan fingerprint density at radius 2 is 1.96 bits per heavy atom. The number of furan rings is 1. The van der Waals surface area contributed by atoms with Crippen LogP contribution in [0.15, 0.2) is 47.1 Å². The molecule has 2 aromatic rings. The number of hydrogen-bond acceptors (Lipinski definition) is 3. The van der Waals surface area contributed by atoms with E-state index in [1.165, 1.54) is 25.0 Å². The van der Waals surface area contributed by atoms with Gasteiger partial charge in [-0.3, -0.25) is 9.69 Å². The molecule has 5 heteroatoms. The Labute approximate surface area is 160 Å². The fourth-order valence-electron chi connectivity index (χ4n) is 3.66. The summed E-state index contributed by atoms with van der Waals surface area (Å²) in [5, 5.41) is 3.10. The third kappa shape index (κ3) is 5.42. The number of rotatable bonds is 7. The monoisotopic (exact) mass is 372 g/mol. The van der Waals surface area contributed by atoms with Crippen LogP contribution in [0.5, 0.6) is 0 Å². The molecular weight excluding hydrogens is 343 g/mol. The van der Waals surface area contributed by atoms with E-state index in [4.69, 9.17) is 4.42 Å². The van der Waals surface area contributed by atoms with Crippen LogP contribution in [0, 0.1) is 11.7 Å². The van der Waals surface area contributed by atoms with Crippen LogP contribution in [0.1, 0.15) is 43.9 Å². The van der Waals surface area contributed by atoms with Crippen LogP contribution in [0.3, 0.4) is 0 Å². The van der Waals surface area contributed by atoms with Gasteiger partial charge in [-0.15, -0.1) is 0 Å². The van der Waals surface area contributed by atoms with Crippen molar-refractivity contribution in [1.82, 2.24) is 10.2 Å². The van der Waals surface area contributed by atoms with Crippen molar-refractivity contribution in [2.45, 2.75) is 45.1 Å². The molecule has 2 unspecified atom stereocenters. The van der Waals surface area contributed by atoms with E-state index in [0.717, 1.165) is 30.3 Å². The summed E-state index contributed by atoms with van der Waals surface area (Å²) < 4.78 is 18.7. The first-order valence-electron chi connectivity index (χ1n) is 9.82. The molecule has 146 valence electrons. The van der Waals surface area contributed by atoms with Gasteiger partial charge in [0.05, 0.1) is 12.2 Å². The van der Waals surface area contributed by atoms with Crippen molar-refractivity contribution in [2.24, 2.45) is 5.92 Å². The molecular formula is C22H29FN2O2. The molecule has 1 fully saturated rings. The molecule has 2 atom stereocenters. The lowest BCUT2D eigenvalue weighted by Gasteiger charge is -2.35. The number of carbonyl (C=O) groups is 1. The number of nitrogens with one attached hydrogen (secondary N) is 1. The molecule has 1 aromatic heterocycles. The number of hydrogen-bond donors (Lipinski definition) is 1. The SMILES string of the molecule is CC1CCN(C(C)CNC(=O)C(Cc2ccco2)c2ccc(F)cc2)CC1. The summed E-state index contributed by atoms with van der Waals surface area (Å²) in [5.74, 6) is 0.793. The van der Waals surface area contributed by atoms with E-state index in [9.17, 15) is 9.18 Å². The minimum Gasteiger partial charge on any atom is -0.469 e. The van der Waals surface area contributed by atoms with Gasteiger partial charge in [0.2, 0.25) is 5.91 Å². The molecule has 1 aliphatic rings. The topological polar surface area (TPSA) is 45.5 Å². The number of amides is 1. The lowest BCUT2D eigenvalue weighted by atomic mass is 9.93. The lowest BCUT2D eigenvalue weighted by molar-refractivity contribution is -0.122. The van der Waals surface area contributed by atoms with Crippen LogP contribution in [0.25, 0.3) is 0 Å². The van der Waals surface area contributed by atoms with Crippen LogP contribution in [-0.4, -0.2) is 36.5 Å². The molecule has 1 aromatic carbocycles. The van der Waals surface area contributed by atoms with E-state index in [2.05, 4.69) is 24.1 Å². The first kappa shape index (κ1) is 19.6. The second kappa shape index (κ2) is 9.18. The van der Waals surface area contributed by atoms with Gasteiger partial charge in [0.15, 0.2) is 0 Å². The van der Waals surface area contributed by atoms with Gasteiger partial charge in [-0.25, -0.2) is 4.39 Å². The summed E-state index contributed by atoms with van der Waals surface area (Å²) in [4.78, 5) is 15.4. The first-order chi connectivity index (χ1) is 13.0. The summed E-state index contributed by atoms with van der Waals surface area (Å²) in [7, 11) is 0. The van der Waals surface area contributed by atoms with E-state index >= 15 is 0 Å². The first-order valence-corrected chi connectivity index (χ1v) is 9.82. The molecule has 2 heterocycles. The third-order valence-corrected chi connectivity index (χ3v) is 5.59. The number of piperidine rings is 1. The van der Waals surface area contributed by atoms with Crippen LogP contribution in [0.2, 0.25) is 0 Å². The van der Waals surface area contributed by atoms with Crippen molar-refractivity contribution in [3.05, 3.63) is 59.8 Å². The molecule has 1 amide bonds. The quantitative estimate of drug-likeness (QED) is 0.800. The predicted molar refractivity (Wildman–Crippen MR) is 104 cm³/mol. The number of nitrogens with zero attached hydrogens (tertiary/aromatic N) is 1. The van der Waals surface area contributed by atoms with Gasteiger partial charge in [0.25, 0.3) is 0 Å². The summed E-state index contributed by atoms with van der Waals surface area (Å²) in [6, 6.07) is 10.1. The normalized spacial score (nSPS) is 18.2. The lowest BCUT2D eigenvalue weighted by Crippen LogP contribution is -2.46. The summed E-state index contributed by atoms with van der Waals surface area (Å²) in [6.07, 6.45) is 4.50. The van der Waals surface area contributed by atoms with E-state index in [0.29, 0.717) is 19.0 Å². The molecule has 1 N–H and O–H groups in total. The molecule has 27 heavy (non-hydrogen) atoms. The second-order valence-corrected chi connectivity index (χ2v) is 7.70. The highest BCUT2D eigenvalue weighted by Crippen LogP contribution is 2.23. The Kier molecular flexibility index (Phi) is 6.67. The van der Waals surface area contributed by atoms with Crippen molar-refractivity contribution < 1.29 is 13.6 Å². The van der Waals surface area contributed by atoms with Crippen LogP contribution >= 0.6 is 0 Å². The largest absolute Gasteiger partial charge is 0.469 e. The van der Waals surface area contributed by atoms with Gasteiger partial charge in [-0.2, -0.15) is 0 Å². The summed E-state index contributed by atoms with van der Waals surface area (Å²) in [5.41, 5.74) is 0.796. The third-order valence-electron chi connectivity index (χ3n) is 5.59. The highest BCUT2D eigenvalue weighted by Gasteiger charge is 2.25. The van der Waals surface area contributed by atoms with E-state index in [-0.39, 0.29) is 11.7 Å². The number of likely N-dealkylation sites (tertiary alicyclic amines) is 1. The minimum atomic E-state index is -0.398. The molecule has 1 aliphatic heterocycles. The van der Waals surface area contributed by atoms with Crippen molar-refractivity contribution in [2.75, 3.05) is 19.6 Å². The molecule has 0 spiro atoms. The highest BCUT2D eigenvalue weighted by atomic mass is 19.1. The average molecular weight is 372 g/mol. The maximum absolute atomic E-state index is 13.3.